The van der Waals surface area contributed by atoms with Gasteiger partial charge in [-0.25, -0.2) is 4.39 Å². The molecular weight excluding hydrogens is 275 g/mol. The molecule has 0 unspecified atom stereocenters. The van der Waals surface area contributed by atoms with E-state index in [9.17, 15) is 9.19 Å². The third-order valence-corrected chi connectivity index (χ3v) is 5.35. The Morgan fingerprint density at radius 1 is 1.15 bits per heavy atom. The smallest absolute Gasteiger partial charge is 0.390 e. The second-order valence-electron chi connectivity index (χ2n) is 5.53. The maximum absolute atomic E-state index is 13.1. The van der Waals surface area contributed by atoms with Crippen molar-refractivity contribution in [3.8, 4) is 0 Å². The van der Waals surface area contributed by atoms with Crippen molar-refractivity contribution in [2.45, 2.75) is 58.8 Å². The summed E-state index contributed by atoms with van der Waals surface area (Å²) in [6, 6.07) is 7.02. The van der Waals surface area contributed by atoms with E-state index < -0.39 is 8.80 Å². The van der Waals surface area contributed by atoms with Crippen molar-refractivity contribution >= 4 is 8.80 Å². The Hall–Kier alpha value is -0.753. The van der Waals surface area contributed by atoms with Crippen LogP contribution in [0, 0.1) is 5.82 Å². The quantitative estimate of drug-likeness (QED) is 0.746. The Balaban J connectivity index is 2.53. The normalized spacial score (nSPS) is 12.4. The standard InChI is InChI=1S/C15H25FO3Si/c1-12(2)18-20(17,19-13(3)4)10-6-8-14-7-5-9-15(16)11-14/h5,7,9,11-13,17H,6,8,10H2,1-4H3. The molecule has 0 spiro atoms. The Morgan fingerprint density at radius 2 is 1.75 bits per heavy atom. The van der Waals surface area contributed by atoms with Crippen LogP contribution in [-0.4, -0.2) is 25.8 Å². The van der Waals surface area contributed by atoms with Gasteiger partial charge in [-0.3, -0.25) is 0 Å². The highest BCUT2D eigenvalue weighted by atomic mass is 28.4. The van der Waals surface area contributed by atoms with E-state index in [2.05, 4.69) is 0 Å². The topological polar surface area (TPSA) is 38.7 Å². The first-order valence-corrected chi connectivity index (χ1v) is 9.10. The van der Waals surface area contributed by atoms with E-state index in [1.807, 2.05) is 33.8 Å². The minimum Gasteiger partial charge on any atom is -0.390 e. The van der Waals surface area contributed by atoms with Crippen molar-refractivity contribution in [2.75, 3.05) is 0 Å². The van der Waals surface area contributed by atoms with Crippen LogP contribution in [0.5, 0.6) is 0 Å². The summed E-state index contributed by atoms with van der Waals surface area (Å²) in [5.41, 5.74) is 0.926. The van der Waals surface area contributed by atoms with Gasteiger partial charge in [0.2, 0.25) is 0 Å². The zero-order valence-corrected chi connectivity index (χ0v) is 13.7. The molecule has 0 aliphatic carbocycles. The van der Waals surface area contributed by atoms with Crippen LogP contribution in [0.25, 0.3) is 0 Å². The fourth-order valence-electron chi connectivity index (χ4n) is 2.09. The van der Waals surface area contributed by atoms with Gasteiger partial charge in [0.25, 0.3) is 0 Å². The minimum absolute atomic E-state index is 0.0698. The van der Waals surface area contributed by atoms with E-state index >= 15 is 0 Å². The first-order valence-electron chi connectivity index (χ1n) is 7.13. The molecule has 0 aliphatic rings. The molecule has 0 atom stereocenters. The van der Waals surface area contributed by atoms with Gasteiger partial charge in [0.05, 0.1) is 0 Å². The predicted octanol–water partition coefficient (Wildman–Crippen LogP) is 3.54. The lowest BCUT2D eigenvalue weighted by atomic mass is 10.1. The number of benzene rings is 1. The van der Waals surface area contributed by atoms with Gasteiger partial charge in [-0.15, -0.1) is 0 Å². The fourth-order valence-corrected chi connectivity index (χ4v) is 4.48. The van der Waals surface area contributed by atoms with Crippen molar-refractivity contribution in [1.29, 1.82) is 0 Å². The molecule has 1 aromatic carbocycles. The van der Waals surface area contributed by atoms with Crippen LogP contribution in [0.2, 0.25) is 6.04 Å². The SMILES string of the molecule is CC(C)O[Si](O)(CCCc1cccc(F)c1)OC(C)C. The molecule has 20 heavy (non-hydrogen) atoms. The van der Waals surface area contributed by atoms with Crippen molar-refractivity contribution in [3.63, 3.8) is 0 Å². The van der Waals surface area contributed by atoms with Crippen molar-refractivity contribution in [1.82, 2.24) is 0 Å². The summed E-state index contributed by atoms with van der Waals surface area (Å²) < 4.78 is 24.3. The molecule has 0 aliphatic heterocycles. The van der Waals surface area contributed by atoms with Gasteiger partial charge >= 0.3 is 8.80 Å². The minimum atomic E-state index is -3.14. The van der Waals surface area contributed by atoms with Gasteiger partial charge in [-0.2, -0.15) is 0 Å². The van der Waals surface area contributed by atoms with Gasteiger partial charge in [0, 0.05) is 18.3 Å². The largest absolute Gasteiger partial charge is 0.498 e. The van der Waals surface area contributed by atoms with E-state index in [0.29, 0.717) is 18.9 Å². The Morgan fingerprint density at radius 3 is 2.25 bits per heavy atom. The summed E-state index contributed by atoms with van der Waals surface area (Å²) in [6.07, 6.45) is 1.28. The highest BCUT2D eigenvalue weighted by Crippen LogP contribution is 2.19. The zero-order valence-electron chi connectivity index (χ0n) is 12.7. The average Bonchev–Trinajstić information content (AvgIpc) is 2.26. The van der Waals surface area contributed by atoms with Crippen LogP contribution in [0.1, 0.15) is 39.7 Å². The molecule has 0 saturated carbocycles. The third-order valence-electron chi connectivity index (χ3n) is 2.69. The summed E-state index contributed by atoms with van der Waals surface area (Å²) in [4.78, 5) is 10.5. The predicted molar refractivity (Wildman–Crippen MR) is 79.9 cm³/mol. The summed E-state index contributed by atoms with van der Waals surface area (Å²) in [6.45, 7) is 7.53. The van der Waals surface area contributed by atoms with E-state index in [0.717, 1.165) is 5.56 Å². The molecule has 0 saturated heterocycles. The van der Waals surface area contributed by atoms with Gasteiger partial charge in [-0.1, -0.05) is 12.1 Å². The first-order chi connectivity index (χ1) is 9.31. The summed E-state index contributed by atoms with van der Waals surface area (Å²) in [7, 11) is -3.14. The summed E-state index contributed by atoms with van der Waals surface area (Å²) >= 11 is 0. The Bertz CT molecular complexity index is 400. The van der Waals surface area contributed by atoms with Crippen LogP contribution in [0.15, 0.2) is 24.3 Å². The first kappa shape index (κ1) is 17.3. The van der Waals surface area contributed by atoms with E-state index in [1.165, 1.54) is 12.1 Å². The maximum Gasteiger partial charge on any atom is 0.498 e. The molecule has 1 N–H and O–H groups in total. The molecule has 0 amide bonds. The van der Waals surface area contributed by atoms with Crippen molar-refractivity contribution in [3.05, 3.63) is 35.6 Å². The van der Waals surface area contributed by atoms with Gasteiger partial charge in [0.15, 0.2) is 0 Å². The molecule has 5 heteroatoms. The Labute approximate surface area is 122 Å². The second-order valence-corrected chi connectivity index (χ2v) is 7.93. The highest BCUT2D eigenvalue weighted by molar-refractivity contribution is 6.59. The van der Waals surface area contributed by atoms with Crippen LogP contribution in [-0.2, 0) is 15.3 Å². The summed E-state index contributed by atoms with van der Waals surface area (Å²) in [5.74, 6) is -0.230. The number of rotatable bonds is 8. The maximum atomic E-state index is 13.1. The lowest BCUT2D eigenvalue weighted by Crippen LogP contribution is -2.46. The molecule has 1 rings (SSSR count). The molecule has 3 nitrogen and oxygen atoms in total. The zero-order chi connectivity index (χ0) is 15.2. The van der Waals surface area contributed by atoms with Crippen LogP contribution in [0.4, 0.5) is 4.39 Å². The van der Waals surface area contributed by atoms with Crippen LogP contribution < -0.4 is 0 Å². The summed E-state index contributed by atoms with van der Waals surface area (Å²) in [5, 5.41) is 0. The molecule has 0 heterocycles. The molecule has 0 radical (unpaired) electrons. The van der Waals surface area contributed by atoms with Gasteiger partial charge in [0.1, 0.15) is 5.82 Å². The lowest BCUT2D eigenvalue weighted by molar-refractivity contribution is 0.0474. The molecule has 0 aromatic heterocycles. The van der Waals surface area contributed by atoms with Gasteiger partial charge in [-0.05, 0) is 58.2 Å². The molecule has 1 aromatic rings. The van der Waals surface area contributed by atoms with E-state index in [1.54, 1.807) is 6.07 Å². The monoisotopic (exact) mass is 300 g/mol. The molecular formula is C15H25FO3Si. The number of halogens is 1. The average molecular weight is 300 g/mol. The lowest BCUT2D eigenvalue weighted by Gasteiger charge is -2.28. The molecule has 0 fully saturated rings. The number of hydrogen-bond acceptors (Lipinski definition) is 3. The van der Waals surface area contributed by atoms with Gasteiger partial charge < -0.3 is 13.6 Å². The molecule has 114 valence electrons. The molecule has 0 bridgehead atoms. The Kier molecular flexibility index (Phi) is 6.81. The number of aryl methyl sites for hydroxylation is 1. The highest BCUT2D eigenvalue weighted by Gasteiger charge is 2.38. The van der Waals surface area contributed by atoms with Crippen LogP contribution in [0.3, 0.4) is 0 Å². The van der Waals surface area contributed by atoms with E-state index in [-0.39, 0.29) is 18.0 Å². The fraction of sp³-hybridized carbons (Fsp3) is 0.600. The van der Waals surface area contributed by atoms with Crippen molar-refractivity contribution in [2.24, 2.45) is 0 Å². The van der Waals surface area contributed by atoms with Crippen LogP contribution >= 0.6 is 0 Å². The third kappa shape index (κ3) is 6.61. The second kappa shape index (κ2) is 7.88. The van der Waals surface area contributed by atoms with Crippen molar-refractivity contribution < 1.29 is 18.0 Å². The number of hydrogen-bond donors (Lipinski definition) is 1. The van der Waals surface area contributed by atoms with E-state index in [4.69, 9.17) is 8.85 Å².